The van der Waals surface area contributed by atoms with Crippen LogP contribution in [0.2, 0.25) is 0 Å². The molecule has 2 rings (SSSR count). The van der Waals surface area contributed by atoms with Crippen LogP contribution in [0.25, 0.3) is 5.69 Å². The molecule has 1 N–H and O–H groups in total. The van der Waals surface area contributed by atoms with E-state index < -0.39 is 0 Å². The van der Waals surface area contributed by atoms with E-state index in [1.807, 2.05) is 59.0 Å². The Bertz CT molecular complexity index is 408. The van der Waals surface area contributed by atoms with Crippen molar-refractivity contribution in [3.63, 3.8) is 0 Å². The molecule has 94 valence electrons. The van der Waals surface area contributed by atoms with Crippen molar-refractivity contribution in [3.05, 3.63) is 42.2 Å². The van der Waals surface area contributed by atoms with Gasteiger partial charge in [-0.2, -0.15) is 5.10 Å². The Labute approximate surface area is 104 Å². The van der Waals surface area contributed by atoms with Crippen LogP contribution in [0, 0.1) is 6.92 Å². The summed E-state index contributed by atoms with van der Waals surface area (Å²) in [5.74, 6) is 0.316. The van der Waals surface area contributed by atoms with Gasteiger partial charge in [-0.15, -0.1) is 0 Å². The van der Waals surface area contributed by atoms with Crippen LogP contribution >= 0.6 is 0 Å². The number of phenols is 1. The number of aryl methyl sites for hydroxylation is 1. The largest absolute Gasteiger partial charge is 0.508 e. The average molecular weight is 234 g/mol. The average Bonchev–Trinajstić information content (AvgIpc) is 2.91. The first-order valence-electron chi connectivity index (χ1n) is 6.07. The third-order valence-electron chi connectivity index (χ3n) is 1.95. The number of aromatic nitrogens is 2. The van der Waals surface area contributed by atoms with Gasteiger partial charge in [0, 0.05) is 12.4 Å². The molecule has 0 aliphatic carbocycles. The summed E-state index contributed by atoms with van der Waals surface area (Å²) in [5, 5.41) is 13.4. The number of rotatable bonds is 1. The van der Waals surface area contributed by atoms with Gasteiger partial charge in [0.2, 0.25) is 0 Å². The molecule has 17 heavy (non-hydrogen) atoms. The lowest BCUT2D eigenvalue weighted by Crippen LogP contribution is -1.93. The number of benzene rings is 1. The smallest absolute Gasteiger partial charge is 0.118 e. The Kier molecular flexibility index (Phi) is 7.52. The minimum atomic E-state index is 0.316. The number of hydrogen-bond acceptors (Lipinski definition) is 2. The maximum absolute atomic E-state index is 9.31. The van der Waals surface area contributed by atoms with Gasteiger partial charge < -0.3 is 5.11 Å². The Hall–Kier alpha value is -1.77. The second-order valence-electron chi connectivity index (χ2n) is 2.92. The standard InChI is InChI=1S/C10H10N2O.2C2H6/c1-8-7-9(3-4-10(8)13)12-6-2-5-11-12;2*1-2/h2-7,13H,1H3;2*1-2H3. The third kappa shape index (κ3) is 4.31. The highest BCUT2D eigenvalue weighted by atomic mass is 16.3. The van der Waals surface area contributed by atoms with Crippen molar-refractivity contribution in [3.8, 4) is 11.4 Å². The highest BCUT2D eigenvalue weighted by Gasteiger charge is 1.99. The summed E-state index contributed by atoms with van der Waals surface area (Å²) in [4.78, 5) is 0. The van der Waals surface area contributed by atoms with Gasteiger partial charge in [-0.3, -0.25) is 0 Å². The summed E-state index contributed by atoms with van der Waals surface area (Å²) in [5.41, 5.74) is 1.81. The van der Waals surface area contributed by atoms with E-state index in [2.05, 4.69) is 5.10 Å². The molecule has 1 aromatic carbocycles. The van der Waals surface area contributed by atoms with Gasteiger partial charge in [-0.25, -0.2) is 4.68 Å². The topological polar surface area (TPSA) is 38.0 Å². The summed E-state index contributed by atoms with van der Waals surface area (Å²) in [7, 11) is 0. The molecule has 0 amide bonds. The number of aromatic hydroxyl groups is 1. The van der Waals surface area contributed by atoms with E-state index >= 15 is 0 Å². The van der Waals surface area contributed by atoms with Gasteiger partial charge in [0.1, 0.15) is 5.75 Å². The zero-order chi connectivity index (χ0) is 13.3. The molecule has 0 atom stereocenters. The van der Waals surface area contributed by atoms with Gasteiger partial charge in [-0.05, 0) is 36.8 Å². The van der Waals surface area contributed by atoms with Crippen molar-refractivity contribution < 1.29 is 5.11 Å². The van der Waals surface area contributed by atoms with E-state index in [0.29, 0.717) is 5.75 Å². The lowest BCUT2D eigenvalue weighted by Gasteiger charge is -2.03. The van der Waals surface area contributed by atoms with Crippen molar-refractivity contribution in [1.29, 1.82) is 0 Å². The van der Waals surface area contributed by atoms with Crippen molar-refractivity contribution in [1.82, 2.24) is 9.78 Å². The summed E-state index contributed by atoms with van der Waals surface area (Å²) in [6.45, 7) is 9.86. The van der Waals surface area contributed by atoms with Crippen LogP contribution in [0.4, 0.5) is 0 Å². The van der Waals surface area contributed by atoms with Crippen LogP contribution in [-0.2, 0) is 0 Å². The Morgan fingerprint density at radius 2 is 1.76 bits per heavy atom. The molecule has 3 heteroatoms. The maximum atomic E-state index is 9.31. The van der Waals surface area contributed by atoms with Crippen molar-refractivity contribution in [2.24, 2.45) is 0 Å². The van der Waals surface area contributed by atoms with Gasteiger partial charge in [0.05, 0.1) is 5.69 Å². The molecule has 0 aliphatic rings. The molecule has 0 saturated heterocycles. The van der Waals surface area contributed by atoms with Crippen molar-refractivity contribution in [2.75, 3.05) is 0 Å². The fourth-order valence-corrected chi connectivity index (χ4v) is 1.20. The molecule has 2 aromatic rings. The first kappa shape index (κ1) is 15.2. The van der Waals surface area contributed by atoms with E-state index in [-0.39, 0.29) is 0 Å². The first-order valence-corrected chi connectivity index (χ1v) is 6.07. The van der Waals surface area contributed by atoms with Crippen LogP contribution in [0.1, 0.15) is 33.3 Å². The molecular weight excluding hydrogens is 212 g/mol. The van der Waals surface area contributed by atoms with Crippen LogP contribution in [0.15, 0.2) is 36.7 Å². The maximum Gasteiger partial charge on any atom is 0.118 e. The lowest BCUT2D eigenvalue weighted by atomic mass is 10.2. The van der Waals surface area contributed by atoms with Gasteiger partial charge in [-0.1, -0.05) is 27.7 Å². The first-order chi connectivity index (χ1) is 8.27. The summed E-state index contributed by atoms with van der Waals surface area (Å²) in [6, 6.07) is 7.26. The summed E-state index contributed by atoms with van der Waals surface area (Å²) < 4.78 is 1.76. The fraction of sp³-hybridized carbons (Fsp3) is 0.357. The number of hydrogen-bond donors (Lipinski definition) is 1. The Morgan fingerprint density at radius 1 is 1.12 bits per heavy atom. The zero-order valence-corrected chi connectivity index (χ0v) is 11.3. The highest BCUT2D eigenvalue weighted by molar-refractivity contribution is 5.42. The molecule has 3 nitrogen and oxygen atoms in total. The normalized spacial score (nSPS) is 8.53. The second kappa shape index (κ2) is 8.39. The molecule has 0 unspecified atom stereocenters. The predicted octanol–water partition coefficient (Wildman–Crippen LogP) is 3.94. The molecule has 0 spiro atoms. The van der Waals surface area contributed by atoms with Crippen molar-refractivity contribution in [2.45, 2.75) is 34.6 Å². The van der Waals surface area contributed by atoms with Crippen LogP contribution in [0.5, 0.6) is 5.75 Å². The molecular formula is C14H22N2O. The van der Waals surface area contributed by atoms with E-state index in [1.54, 1.807) is 16.9 Å². The SMILES string of the molecule is CC.CC.Cc1cc(-n2cccn2)ccc1O. The Balaban J connectivity index is 0.000000581. The fourth-order valence-electron chi connectivity index (χ4n) is 1.20. The molecule has 0 fully saturated rings. The Morgan fingerprint density at radius 3 is 2.24 bits per heavy atom. The molecule has 0 bridgehead atoms. The molecule has 0 radical (unpaired) electrons. The second-order valence-corrected chi connectivity index (χ2v) is 2.92. The van der Waals surface area contributed by atoms with Crippen LogP contribution in [0.3, 0.4) is 0 Å². The quantitative estimate of drug-likeness (QED) is 0.811. The monoisotopic (exact) mass is 234 g/mol. The van der Waals surface area contributed by atoms with Gasteiger partial charge in [0.15, 0.2) is 0 Å². The van der Waals surface area contributed by atoms with Gasteiger partial charge in [0.25, 0.3) is 0 Å². The van der Waals surface area contributed by atoms with Crippen molar-refractivity contribution >= 4 is 0 Å². The number of nitrogens with zero attached hydrogens (tertiary/aromatic N) is 2. The molecule has 1 aromatic heterocycles. The van der Waals surface area contributed by atoms with E-state index in [0.717, 1.165) is 11.3 Å². The van der Waals surface area contributed by atoms with E-state index in [4.69, 9.17) is 0 Å². The van der Waals surface area contributed by atoms with Crippen LogP contribution in [-0.4, -0.2) is 14.9 Å². The predicted molar refractivity (Wildman–Crippen MR) is 72.7 cm³/mol. The minimum absolute atomic E-state index is 0.316. The lowest BCUT2D eigenvalue weighted by molar-refractivity contribution is 0.471. The minimum Gasteiger partial charge on any atom is -0.508 e. The zero-order valence-electron chi connectivity index (χ0n) is 11.3. The number of phenolic OH excluding ortho intramolecular Hbond substituents is 1. The summed E-state index contributed by atoms with van der Waals surface area (Å²) >= 11 is 0. The van der Waals surface area contributed by atoms with E-state index in [9.17, 15) is 5.11 Å². The molecule has 0 aliphatic heterocycles. The van der Waals surface area contributed by atoms with Gasteiger partial charge >= 0.3 is 0 Å². The molecule has 0 saturated carbocycles. The van der Waals surface area contributed by atoms with E-state index in [1.165, 1.54) is 0 Å². The van der Waals surface area contributed by atoms with Crippen LogP contribution < -0.4 is 0 Å². The molecule has 1 heterocycles. The highest BCUT2D eigenvalue weighted by Crippen LogP contribution is 2.18. The summed E-state index contributed by atoms with van der Waals surface area (Å²) in [6.07, 6.45) is 3.59. The third-order valence-corrected chi connectivity index (χ3v) is 1.95.